The molecule has 152 valence electrons. The van der Waals surface area contributed by atoms with E-state index < -0.39 is 0 Å². The summed E-state index contributed by atoms with van der Waals surface area (Å²) in [4.78, 5) is 0. The molecule has 0 aromatic rings. The van der Waals surface area contributed by atoms with Crippen LogP contribution < -0.4 is 0 Å². The highest BCUT2D eigenvalue weighted by Gasteiger charge is 2.56. The second-order valence-corrected chi connectivity index (χ2v) is 9.67. The minimum Gasteiger partial charge on any atom is -0.396 e. The molecule has 0 heterocycles. The SMILES string of the molecule is CCCCC[C@H](O)CCC1C[C@@H]2C[C@H]([C@@H]1C/C=C\CCCCO)C2(C)C. The molecular formula is C24H44O2. The van der Waals surface area contributed by atoms with Crippen LogP contribution in [0.4, 0.5) is 0 Å². The summed E-state index contributed by atoms with van der Waals surface area (Å²) in [6.45, 7) is 7.51. The van der Waals surface area contributed by atoms with Gasteiger partial charge in [0, 0.05) is 6.61 Å². The van der Waals surface area contributed by atoms with Crippen LogP contribution in [0.1, 0.15) is 97.8 Å². The Morgan fingerprint density at radius 1 is 1.04 bits per heavy atom. The van der Waals surface area contributed by atoms with Crippen molar-refractivity contribution in [2.75, 3.05) is 6.61 Å². The lowest BCUT2D eigenvalue weighted by atomic mass is 9.42. The first-order chi connectivity index (χ1) is 12.5. The molecule has 2 nitrogen and oxygen atoms in total. The van der Waals surface area contributed by atoms with E-state index in [0.29, 0.717) is 12.0 Å². The van der Waals surface area contributed by atoms with Crippen LogP contribution in [0.15, 0.2) is 12.2 Å². The molecule has 5 atom stereocenters. The molecule has 0 aliphatic heterocycles. The average molecular weight is 365 g/mol. The number of aliphatic hydroxyl groups excluding tert-OH is 2. The summed E-state index contributed by atoms with van der Waals surface area (Å²) in [5, 5.41) is 19.2. The van der Waals surface area contributed by atoms with E-state index in [1.165, 1.54) is 44.9 Å². The maximum atomic E-state index is 10.3. The van der Waals surface area contributed by atoms with E-state index in [9.17, 15) is 5.11 Å². The molecule has 0 spiro atoms. The number of hydrogen-bond acceptors (Lipinski definition) is 2. The number of fused-ring (bicyclic) bond motifs is 2. The molecule has 0 aromatic carbocycles. The summed E-state index contributed by atoms with van der Waals surface area (Å²) < 4.78 is 0. The second kappa shape index (κ2) is 10.9. The largest absolute Gasteiger partial charge is 0.396 e. The van der Waals surface area contributed by atoms with Crippen LogP contribution in [0, 0.1) is 29.1 Å². The predicted octanol–water partition coefficient (Wildman–Crippen LogP) is 6.12. The van der Waals surface area contributed by atoms with Crippen molar-refractivity contribution in [1.29, 1.82) is 0 Å². The van der Waals surface area contributed by atoms with Crippen molar-refractivity contribution in [2.24, 2.45) is 29.1 Å². The van der Waals surface area contributed by atoms with E-state index in [0.717, 1.165) is 55.8 Å². The highest BCUT2D eigenvalue weighted by Crippen LogP contribution is 2.64. The van der Waals surface area contributed by atoms with Crippen LogP contribution in [-0.2, 0) is 0 Å². The van der Waals surface area contributed by atoms with Gasteiger partial charge in [0.2, 0.25) is 0 Å². The first kappa shape index (κ1) is 22.0. The van der Waals surface area contributed by atoms with Crippen LogP contribution in [0.2, 0.25) is 0 Å². The molecule has 0 radical (unpaired) electrons. The van der Waals surface area contributed by atoms with Gasteiger partial charge in [-0.25, -0.2) is 0 Å². The molecule has 3 fully saturated rings. The fraction of sp³-hybridized carbons (Fsp3) is 0.917. The van der Waals surface area contributed by atoms with Crippen molar-refractivity contribution < 1.29 is 10.2 Å². The summed E-state index contributed by atoms with van der Waals surface area (Å²) in [7, 11) is 0. The number of rotatable bonds is 13. The van der Waals surface area contributed by atoms with Crippen LogP contribution in [-0.4, -0.2) is 22.9 Å². The number of unbranched alkanes of at least 4 members (excludes halogenated alkanes) is 4. The topological polar surface area (TPSA) is 40.5 Å². The van der Waals surface area contributed by atoms with Crippen LogP contribution in [0.25, 0.3) is 0 Å². The second-order valence-electron chi connectivity index (χ2n) is 9.67. The Bertz CT molecular complexity index is 414. The molecule has 3 aliphatic rings. The monoisotopic (exact) mass is 364 g/mol. The fourth-order valence-corrected chi connectivity index (χ4v) is 5.67. The van der Waals surface area contributed by atoms with Crippen molar-refractivity contribution in [2.45, 2.75) is 104 Å². The summed E-state index contributed by atoms with van der Waals surface area (Å²) in [6, 6.07) is 0. The lowest BCUT2D eigenvalue weighted by Gasteiger charge is -2.63. The molecule has 26 heavy (non-hydrogen) atoms. The zero-order chi connectivity index (χ0) is 19.0. The summed E-state index contributed by atoms with van der Waals surface area (Å²) in [6.07, 6.45) is 18.7. The fourth-order valence-electron chi connectivity index (χ4n) is 5.67. The van der Waals surface area contributed by atoms with Crippen molar-refractivity contribution in [1.82, 2.24) is 0 Å². The third-order valence-electron chi connectivity index (χ3n) is 7.62. The molecule has 3 aliphatic carbocycles. The highest BCUT2D eigenvalue weighted by atomic mass is 16.3. The Balaban J connectivity index is 1.81. The van der Waals surface area contributed by atoms with Crippen molar-refractivity contribution >= 4 is 0 Å². The van der Waals surface area contributed by atoms with Gasteiger partial charge >= 0.3 is 0 Å². The summed E-state index contributed by atoms with van der Waals surface area (Å²) in [5.74, 6) is 3.42. The molecule has 0 aromatic heterocycles. The van der Waals surface area contributed by atoms with E-state index in [1.807, 2.05) is 0 Å². The van der Waals surface area contributed by atoms with Gasteiger partial charge in [0.15, 0.2) is 0 Å². The van der Waals surface area contributed by atoms with Crippen LogP contribution in [0.3, 0.4) is 0 Å². The van der Waals surface area contributed by atoms with Crippen LogP contribution in [0.5, 0.6) is 0 Å². The average Bonchev–Trinajstić information content (AvgIpc) is 2.63. The van der Waals surface area contributed by atoms with Gasteiger partial charge in [0.25, 0.3) is 0 Å². The zero-order valence-electron chi connectivity index (χ0n) is 17.6. The maximum absolute atomic E-state index is 10.3. The molecule has 0 saturated heterocycles. The smallest absolute Gasteiger partial charge is 0.0540 e. The normalized spacial score (nSPS) is 31.1. The minimum absolute atomic E-state index is 0.0810. The zero-order valence-corrected chi connectivity index (χ0v) is 17.6. The number of hydrogen-bond donors (Lipinski definition) is 2. The predicted molar refractivity (Wildman–Crippen MR) is 111 cm³/mol. The van der Waals surface area contributed by atoms with Gasteiger partial charge in [-0.1, -0.05) is 52.2 Å². The highest BCUT2D eigenvalue weighted by molar-refractivity contribution is 5.07. The third-order valence-corrected chi connectivity index (χ3v) is 7.62. The Morgan fingerprint density at radius 3 is 2.54 bits per heavy atom. The van der Waals surface area contributed by atoms with Crippen molar-refractivity contribution in [3.05, 3.63) is 12.2 Å². The Morgan fingerprint density at radius 2 is 1.85 bits per heavy atom. The van der Waals surface area contributed by atoms with E-state index in [4.69, 9.17) is 5.11 Å². The Kier molecular flexibility index (Phi) is 9.17. The third kappa shape index (κ3) is 5.83. The minimum atomic E-state index is -0.0810. The Labute approximate surface area is 162 Å². The van der Waals surface area contributed by atoms with E-state index in [-0.39, 0.29) is 6.10 Å². The maximum Gasteiger partial charge on any atom is 0.0540 e. The Hall–Kier alpha value is -0.340. The van der Waals surface area contributed by atoms with Gasteiger partial charge < -0.3 is 10.2 Å². The van der Waals surface area contributed by atoms with Gasteiger partial charge in [0.05, 0.1) is 6.10 Å². The van der Waals surface area contributed by atoms with Crippen molar-refractivity contribution in [3.8, 4) is 0 Å². The standard InChI is InChI=1S/C24H44O2/c1-4-5-9-12-21(26)15-14-19-17-20-18-23(24(20,2)3)22(19)13-10-7-6-8-11-16-25/h7,10,19-23,25-26H,4-6,8-9,11-18H2,1-3H3/b10-7-/t19?,20-,21+,22-,23-/m1/s1. The molecule has 2 bridgehead atoms. The quantitative estimate of drug-likeness (QED) is 0.305. The van der Waals surface area contributed by atoms with Crippen LogP contribution >= 0.6 is 0 Å². The molecule has 3 saturated carbocycles. The van der Waals surface area contributed by atoms with Crippen molar-refractivity contribution in [3.63, 3.8) is 0 Å². The first-order valence-electron chi connectivity index (χ1n) is 11.4. The summed E-state index contributed by atoms with van der Waals surface area (Å²) in [5.41, 5.74) is 0.533. The lowest BCUT2D eigenvalue weighted by Crippen LogP contribution is -2.55. The molecule has 2 N–H and O–H groups in total. The van der Waals surface area contributed by atoms with E-state index >= 15 is 0 Å². The van der Waals surface area contributed by atoms with E-state index in [2.05, 4.69) is 32.9 Å². The molecular weight excluding hydrogens is 320 g/mol. The van der Waals surface area contributed by atoms with Gasteiger partial charge in [0.1, 0.15) is 0 Å². The molecule has 2 heteroatoms. The first-order valence-corrected chi connectivity index (χ1v) is 11.4. The van der Waals surface area contributed by atoms with Gasteiger partial charge in [-0.05, 0) is 86.9 Å². The number of allylic oxidation sites excluding steroid dienone is 2. The number of aliphatic hydroxyl groups is 2. The summed E-state index contributed by atoms with van der Waals surface area (Å²) >= 11 is 0. The van der Waals surface area contributed by atoms with Gasteiger partial charge in [-0.15, -0.1) is 0 Å². The molecule has 0 amide bonds. The lowest BCUT2D eigenvalue weighted by molar-refractivity contribution is -0.136. The molecule has 1 unspecified atom stereocenters. The van der Waals surface area contributed by atoms with Gasteiger partial charge in [-0.3, -0.25) is 0 Å². The van der Waals surface area contributed by atoms with Gasteiger partial charge in [-0.2, -0.15) is 0 Å². The molecule has 3 rings (SSSR count). The van der Waals surface area contributed by atoms with E-state index in [1.54, 1.807) is 0 Å².